The molecule has 0 aliphatic heterocycles. The fraction of sp³-hybridized carbons (Fsp3) is 0.600. The van der Waals surface area contributed by atoms with Crippen molar-refractivity contribution in [2.24, 2.45) is 17.1 Å². The van der Waals surface area contributed by atoms with Gasteiger partial charge in [0.15, 0.2) is 0 Å². The highest BCUT2D eigenvalue weighted by molar-refractivity contribution is 14.1. The molecule has 2 rings (SSSR count). The Hall–Kier alpha value is -0.0900. The summed E-state index contributed by atoms with van der Waals surface area (Å²) in [5, 5.41) is 0. The van der Waals surface area contributed by atoms with E-state index in [0.29, 0.717) is 5.41 Å². The molecule has 1 nitrogen and oxygen atoms in total. The monoisotopic (exact) mass is 343 g/mol. The van der Waals surface area contributed by atoms with Crippen molar-refractivity contribution in [2.75, 3.05) is 6.54 Å². The second-order valence-electron chi connectivity index (χ2n) is 5.52. The molecule has 2 atom stereocenters. The van der Waals surface area contributed by atoms with Gasteiger partial charge in [-0.3, -0.25) is 0 Å². The highest BCUT2D eigenvalue weighted by Gasteiger charge is 2.37. The van der Waals surface area contributed by atoms with Crippen LogP contribution < -0.4 is 5.73 Å². The number of nitrogens with two attached hydrogens (primary N) is 1. The van der Waals surface area contributed by atoms with Crippen LogP contribution in [0.1, 0.15) is 38.2 Å². The normalized spacial score (nSPS) is 28.5. The molecule has 1 saturated carbocycles. The van der Waals surface area contributed by atoms with E-state index in [1.165, 1.54) is 34.8 Å². The first-order valence-electron chi connectivity index (χ1n) is 6.62. The average Bonchev–Trinajstić information content (AvgIpc) is 2.76. The van der Waals surface area contributed by atoms with Crippen molar-refractivity contribution in [1.82, 2.24) is 0 Å². The fourth-order valence-corrected chi connectivity index (χ4v) is 3.49. The predicted molar refractivity (Wildman–Crippen MR) is 82.0 cm³/mol. The van der Waals surface area contributed by atoms with Crippen LogP contribution in [0.2, 0.25) is 0 Å². The Labute approximate surface area is 118 Å². The van der Waals surface area contributed by atoms with E-state index in [1.807, 2.05) is 0 Å². The van der Waals surface area contributed by atoms with Gasteiger partial charge in [-0.1, -0.05) is 25.5 Å². The van der Waals surface area contributed by atoms with Crippen LogP contribution in [-0.4, -0.2) is 6.54 Å². The van der Waals surface area contributed by atoms with Gasteiger partial charge in [0.25, 0.3) is 0 Å². The minimum Gasteiger partial charge on any atom is -0.330 e. The third-order valence-electron chi connectivity index (χ3n) is 4.31. The van der Waals surface area contributed by atoms with E-state index in [1.54, 1.807) is 0 Å². The topological polar surface area (TPSA) is 26.0 Å². The summed E-state index contributed by atoms with van der Waals surface area (Å²) in [5.41, 5.74) is 7.90. The molecule has 1 aliphatic rings. The molecule has 1 fully saturated rings. The Bertz CT molecular complexity index is 360. The lowest BCUT2D eigenvalue weighted by atomic mass is 9.79. The van der Waals surface area contributed by atoms with E-state index in [2.05, 4.69) is 53.8 Å². The molecule has 0 aromatic heterocycles. The zero-order valence-corrected chi connectivity index (χ0v) is 12.7. The maximum absolute atomic E-state index is 6.06. The van der Waals surface area contributed by atoms with Gasteiger partial charge in [-0.15, -0.1) is 0 Å². The second-order valence-corrected chi connectivity index (χ2v) is 6.77. The van der Waals surface area contributed by atoms with Gasteiger partial charge in [0, 0.05) is 3.57 Å². The second kappa shape index (κ2) is 5.70. The molecule has 0 spiro atoms. The molecule has 2 unspecified atom stereocenters. The van der Waals surface area contributed by atoms with Crippen LogP contribution in [0, 0.1) is 14.9 Å². The largest absolute Gasteiger partial charge is 0.330 e. The highest BCUT2D eigenvalue weighted by atomic mass is 127. The number of rotatable bonds is 4. The molecule has 94 valence electrons. The molecule has 0 bridgehead atoms. The smallest absolute Gasteiger partial charge is 0.0130 e. The molecule has 2 heteroatoms. The molecule has 2 N–H and O–H groups in total. The highest BCUT2D eigenvalue weighted by Crippen LogP contribution is 2.44. The van der Waals surface area contributed by atoms with Crippen molar-refractivity contribution in [2.45, 2.75) is 39.0 Å². The van der Waals surface area contributed by atoms with Crippen molar-refractivity contribution in [1.29, 1.82) is 0 Å². The van der Waals surface area contributed by atoms with Crippen molar-refractivity contribution < 1.29 is 0 Å². The van der Waals surface area contributed by atoms with E-state index in [0.717, 1.165) is 18.9 Å². The van der Waals surface area contributed by atoms with Gasteiger partial charge >= 0.3 is 0 Å². The van der Waals surface area contributed by atoms with Crippen LogP contribution >= 0.6 is 22.6 Å². The maximum Gasteiger partial charge on any atom is 0.0130 e. The van der Waals surface area contributed by atoms with Gasteiger partial charge in [0.1, 0.15) is 0 Å². The van der Waals surface area contributed by atoms with E-state index in [9.17, 15) is 0 Å². The number of halogens is 1. The van der Waals surface area contributed by atoms with Crippen molar-refractivity contribution in [3.05, 3.63) is 33.4 Å². The average molecular weight is 343 g/mol. The van der Waals surface area contributed by atoms with Crippen LogP contribution in [0.25, 0.3) is 0 Å². The van der Waals surface area contributed by atoms with Gasteiger partial charge in [-0.25, -0.2) is 0 Å². The molecule has 0 heterocycles. The Kier molecular flexibility index (Phi) is 4.47. The summed E-state index contributed by atoms with van der Waals surface area (Å²) in [6.45, 7) is 3.15. The maximum atomic E-state index is 6.06. The lowest BCUT2D eigenvalue weighted by molar-refractivity contribution is 0.290. The summed E-state index contributed by atoms with van der Waals surface area (Å²) in [7, 11) is 0. The first-order valence-corrected chi connectivity index (χ1v) is 7.70. The molecular formula is C15H22IN. The summed E-state index contributed by atoms with van der Waals surface area (Å²) in [6, 6.07) is 8.93. The number of benzene rings is 1. The fourth-order valence-electron chi connectivity index (χ4n) is 3.13. The molecule has 1 aromatic rings. The first-order chi connectivity index (χ1) is 8.17. The van der Waals surface area contributed by atoms with E-state index in [-0.39, 0.29) is 0 Å². The van der Waals surface area contributed by atoms with E-state index >= 15 is 0 Å². The van der Waals surface area contributed by atoms with E-state index < -0.39 is 0 Å². The molecular weight excluding hydrogens is 321 g/mol. The Morgan fingerprint density at radius 1 is 1.35 bits per heavy atom. The molecule has 1 aliphatic carbocycles. The summed E-state index contributed by atoms with van der Waals surface area (Å²) in [6.07, 6.45) is 6.49. The van der Waals surface area contributed by atoms with Crippen LogP contribution in [0.3, 0.4) is 0 Å². The summed E-state index contributed by atoms with van der Waals surface area (Å²) in [4.78, 5) is 0. The first kappa shape index (κ1) is 13.3. The van der Waals surface area contributed by atoms with Crippen LogP contribution in [0.4, 0.5) is 0 Å². The predicted octanol–water partition coefficient (Wildman–Crippen LogP) is 3.99. The Morgan fingerprint density at radius 3 is 2.59 bits per heavy atom. The molecule has 0 radical (unpaired) electrons. The SMILES string of the molecule is CCC1CCC(CN)(Cc2ccc(I)cc2)C1. The summed E-state index contributed by atoms with van der Waals surface area (Å²) < 4.78 is 1.31. The third kappa shape index (κ3) is 3.22. The Morgan fingerprint density at radius 2 is 2.06 bits per heavy atom. The zero-order valence-electron chi connectivity index (χ0n) is 10.6. The minimum atomic E-state index is 0.382. The summed E-state index contributed by atoms with van der Waals surface area (Å²) >= 11 is 2.36. The van der Waals surface area contributed by atoms with Gasteiger partial charge in [0.2, 0.25) is 0 Å². The van der Waals surface area contributed by atoms with Gasteiger partial charge in [0.05, 0.1) is 0 Å². The van der Waals surface area contributed by atoms with Crippen molar-refractivity contribution in [3.8, 4) is 0 Å². The Balaban J connectivity index is 2.07. The minimum absolute atomic E-state index is 0.382. The van der Waals surface area contributed by atoms with Crippen molar-refractivity contribution >= 4 is 22.6 Å². The molecule has 0 amide bonds. The van der Waals surface area contributed by atoms with E-state index in [4.69, 9.17) is 5.73 Å². The number of hydrogen-bond donors (Lipinski definition) is 1. The van der Waals surface area contributed by atoms with Crippen LogP contribution in [0.15, 0.2) is 24.3 Å². The van der Waals surface area contributed by atoms with Gasteiger partial charge < -0.3 is 5.73 Å². The molecule has 1 aromatic carbocycles. The molecule has 0 saturated heterocycles. The quantitative estimate of drug-likeness (QED) is 0.822. The zero-order chi connectivity index (χ0) is 12.3. The van der Waals surface area contributed by atoms with Gasteiger partial charge in [-0.05, 0) is 83.8 Å². The third-order valence-corrected chi connectivity index (χ3v) is 5.03. The standard InChI is InChI=1S/C15H22IN/c1-2-12-7-8-15(9-12,11-17)10-13-3-5-14(16)6-4-13/h3-6,12H,2,7-11,17H2,1H3. The lowest BCUT2D eigenvalue weighted by Crippen LogP contribution is -2.30. The summed E-state index contributed by atoms with van der Waals surface area (Å²) in [5.74, 6) is 0.905. The molecule has 17 heavy (non-hydrogen) atoms. The van der Waals surface area contributed by atoms with Crippen LogP contribution in [-0.2, 0) is 6.42 Å². The lowest BCUT2D eigenvalue weighted by Gasteiger charge is -2.28. The van der Waals surface area contributed by atoms with Gasteiger partial charge in [-0.2, -0.15) is 0 Å². The van der Waals surface area contributed by atoms with Crippen LogP contribution in [0.5, 0.6) is 0 Å². The van der Waals surface area contributed by atoms with Crippen molar-refractivity contribution in [3.63, 3.8) is 0 Å². The number of hydrogen-bond acceptors (Lipinski definition) is 1.